The van der Waals surface area contributed by atoms with E-state index in [1.54, 1.807) is 31.0 Å². The normalized spacial score (nSPS) is 17.3. The standard InChI is InChI=1S/C18H19N7/c1-2-7-19-15(6-1)24-17-16(20-10-11-21-17)14-5-3-12-25(13-14)18-22-8-4-9-23-18/h1-2,4,6-11,14H,3,5,12-13H2,(H,19,21,24). The Morgan fingerprint density at radius 3 is 2.56 bits per heavy atom. The summed E-state index contributed by atoms with van der Waals surface area (Å²) in [6, 6.07) is 7.59. The van der Waals surface area contributed by atoms with E-state index in [2.05, 4.69) is 35.1 Å². The molecule has 0 aliphatic carbocycles. The maximum Gasteiger partial charge on any atom is 0.225 e. The van der Waals surface area contributed by atoms with Gasteiger partial charge in [-0.1, -0.05) is 6.07 Å². The molecule has 1 aliphatic rings. The minimum Gasteiger partial charge on any atom is -0.340 e. The molecule has 126 valence electrons. The van der Waals surface area contributed by atoms with E-state index >= 15 is 0 Å². The number of aromatic nitrogens is 5. The molecule has 0 amide bonds. The van der Waals surface area contributed by atoms with Crippen molar-refractivity contribution in [2.45, 2.75) is 18.8 Å². The van der Waals surface area contributed by atoms with Gasteiger partial charge in [0.05, 0.1) is 5.69 Å². The molecule has 0 saturated carbocycles. The van der Waals surface area contributed by atoms with Crippen molar-refractivity contribution in [2.75, 3.05) is 23.3 Å². The molecule has 25 heavy (non-hydrogen) atoms. The van der Waals surface area contributed by atoms with Crippen molar-refractivity contribution in [3.63, 3.8) is 0 Å². The molecule has 0 radical (unpaired) electrons. The maximum absolute atomic E-state index is 4.61. The highest BCUT2D eigenvalue weighted by atomic mass is 15.3. The number of hydrogen-bond acceptors (Lipinski definition) is 7. The Kier molecular flexibility index (Phi) is 4.45. The third-order valence-corrected chi connectivity index (χ3v) is 4.28. The van der Waals surface area contributed by atoms with E-state index in [1.165, 1.54) is 0 Å². The van der Waals surface area contributed by atoms with Crippen LogP contribution in [0.2, 0.25) is 0 Å². The lowest BCUT2D eigenvalue weighted by Gasteiger charge is -2.32. The van der Waals surface area contributed by atoms with Crippen LogP contribution in [0.3, 0.4) is 0 Å². The summed E-state index contributed by atoms with van der Waals surface area (Å²) in [5.41, 5.74) is 0.966. The van der Waals surface area contributed by atoms with Gasteiger partial charge in [0.1, 0.15) is 5.82 Å². The summed E-state index contributed by atoms with van der Waals surface area (Å²) in [4.78, 5) is 24.4. The van der Waals surface area contributed by atoms with Crippen LogP contribution in [0.25, 0.3) is 0 Å². The van der Waals surface area contributed by atoms with Gasteiger partial charge in [0, 0.05) is 50.0 Å². The highest BCUT2D eigenvalue weighted by Gasteiger charge is 2.26. The van der Waals surface area contributed by atoms with Crippen molar-refractivity contribution >= 4 is 17.6 Å². The second-order valence-electron chi connectivity index (χ2n) is 5.96. The first-order chi connectivity index (χ1) is 12.4. The average molecular weight is 333 g/mol. The number of pyridine rings is 1. The lowest BCUT2D eigenvalue weighted by Crippen LogP contribution is -2.36. The highest BCUT2D eigenvalue weighted by molar-refractivity contribution is 5.55. The maximum atomic E-state index is 4.61. The number of nitrogens with zero attached hydrogens (tertiary/aromatic N) is 6. The topological polar surface area (TPSA) is 79.7 Å². The third kappa shape index (κ3) is 3.55. The molecular formula is C18H19N7. The minimum atomic E-state index is 0.275. The molecule has 0 bridgehead atoms. The molecule has 1 aliphatic heterocycles. The monoisotopic (exact) mass is 333 g/mol. The molecule has 0 spiro atoms. The average Bonchev–Trinajstić information content (AvgIpc) is 2.70. The molecule has 1 atom stereocenters. The Morgan fingerprint density at radius 1 is 0.880 bits per heavy atom. The lowest BCUT2D eigenvalue weighted by atomic mass is 9.94. The van der Waals surface area contributed by atoms with Crippen LogP contribution in [0, 0.1) is 0 Å². The van der Waals surface area contributed by atoms with Gasteiger partial charge in [0.2, 0.25) is 5.95 Å². The van der Waals surface area contributed by atoms with Gasteiger partial charge < -0.3 is 10.2 Å². The van der Waals surface area contributed by atoms with Crippen LogP contribution in [0.5, 0.6) is 0 Å². The summed E-state index contributed by atoms with van der Waals surface area (Å²) < 4.78 is 0. The number of nitrogens with one attached hydrogen (secondary N) is 1. The summed E-state index contributed by atoms with van der Waals surface area (Å²) in [7, 11) is 0. The highest BCUT2D eigenvalue weighted by Crippen LogP contribution is 2.31. The van der Waals surface area contributed by atoms with Crippen LogP contribution < -0.4 is 10.2 Å². The molecular weight excluding hydrogens is 314 g/mol. The van der Waals surface area contributed by atoms with Gasteiger partial charge in [-0.15, -0.1) is 0 Å². The third-order valence-electron chi connectivity index (χ3n) is 4.28. The largest absolute Gasteiger partial charge is 0.340 e. The molecule has 1 unspecified atom stereocenters. The van der Waals surface area contributed by atoms with Gasteiger partial charge in [-0.2, -0.15) is 0 Å². The van der Waals surface area contributed by atoms with E-state index in [4.69, 9.17) is 0 Å². The van der Waals surface area contributed by atoms with Crippen LogP contribution in [-0.2, 0) is 0 Å². The number of hydrogen-bond donors (Lipinski definition) is 1. The van der Waals surface area contributed by atoms with Gasteiger partial charge in [0.25, 0.3) is 0 Å². The van der Waals surface area contributed by atoms with E-state index in [-0.39, 0.29) is 5.92 Å². The number of piperidine rings is 1. The quantitative estimate of drug-likeness (QED) is 0.786. The fourth-order valence-electron chi connectivity index (χ4n) is 3.14. The Bertz CT molecular complexity index is 810. The van der Waals surface area contributed by atoms with Gasteiger partial charge in [-0.05, 0) is 31.0 Å². The molecule has 0 aromatic carbocycles. The first kappa shape index (κ1) is 15.4. The van der Waals surface area contributed by atoms with E-state index in [9.17, 15) is 0 Å². The molecule has 7 heteroatoms. The summed E-state index contributed by atoms with van der Waals surface area (Å²) in [5.74, 6) is 2.58. The predicted molar refractivity (Wildman–Crippen MR) is 95.8 cm³/mol. The van der Waals surface area contributed by atoms with E-state index in [0.29, 0.717) is 0 Å². The first-order valence-corrected chi connectivity index (χ1v) is 8.41. The van der Waals surface area contributed by atoms with Gasteiger partial charge in [0.15, 0.2) is 5.82 Å². The molecule has 1 N–H and O–H groups in total. The minimum absolute atomic E-state index is 0.275. The van der Waals surface area contributed by atoms with Crippen molar-refractivity contribution in [3.05, 3.63) is 60.9 Å². The molecule has 3 aromatic heterocycles. The Hall–Kier alpha value is -3.09. The molecule has 3 aromatic rings. The van der Waals surface area contributed by atoms with Crippen molar-refractivity contribution in [1.82, 2.24) is 24.9 Å². The summed E-state index contributed by atoms with van der Waals surface area (Å²) in [6.45, 7) is 1.80. The summed E-state index contributed by atoms with van der Waals surface area (Å²) >= 11 is 0. The fourth-order valence-corrected chi connectivity index (χ4v) is 3.14. The van der Waals surface area contributed by atoms with Gasteiger partial charge in [-0.25, -0.2) is 19.9 Å². The van der Waals surface area contributed by atoms with Gasteiger partial charge in [-0.3, -0.25) is 4.98 Å². The van der Waals surface area contributed by atoms with E-state index in [1.807, 2.05) is 24.3 Å². The second kappa shape index (κ2) is 7.21. The molecule has 1 saturated heterocycles. The molecule has 4 rings (SSSR count). The van der Waals surface area contributed by atoms with Gasteiger partial charge >= 0.3 is 0 Å². The van der Waals surface area contributed by atoms with Crippen molar-refractivity contribution < 1.29 is 0 Å². The Morgan fingerprint density at radius 2 is 1.72 bits per heavy atom. The Labute approximate surface area is 146 Å². The van der Waals surface area contributed by atoms with Crippen LogP contribution in [0.15, 0.2) is 55.2 Å². The number of anilines is 3. The van der Waals surface area contributed by atoms with Crippen molar-refractivity contribution in [1.29, 1.82) is 0 Å². The lowest BCUT2D eigenvalue weighted by molar-refractivity contribution is 0.495. The van der Waals surface area contributed by atoms with E-state index < -0.39 is 0 Å². The fraction of sp³-hybridized carbons (Fsp3) is 0.278. The number of rotatable bonds is 4. The summed E-state index contributed by atoms with van der Waals surface area (Å²) in [6.07, 6.45) is 10.9. The Balaban J connectivity index is 1.57. The zero-order valence-electron chi connectivity index (χ0n) is 13.8. The smallest absolute Gasteiger partial charge is 0.225 e. The van der Waals surface area contributed by atoms with Crippen LogP contribution in [0.4, 0.5) is 17.6 Å². The SMILES string of the molecule is c1ccc(Nc2nccnc2C2CCCN(c3ncccn3)C2)nc1. The summed E-state index contributed by atoms with van der Waals surface area (Å²) in [5, 5.41) is 3.29. The van der Waals surface area contributed by atoms with Crippen molar-refractivity contribution in [2.24, 2.45) is 0 Å². The van der Waals surface area contributed by atoms with E-state index in [0.717, 1.165) is 49.2 Å². The first-order valence-electron chi connectivity index (χ1n) is 8.41. The van der Waals surface area contributed by atoms with Crippen LogP contribution in [-0.4, -0.2) is 38.0 Å². The van der Waals surface area contributed by atoms with Crippen molar-refractivity contribution in [3.8, 4) is 0 Å². The van der Waals surface area contributed by atoms with Crippen LogP contribution >= 0.6 is 0 Å². The molecule has 7 nitrogen and oxygen atoms in total. The second-order valence-corrected chi connectivity index (χ2v) is 5.96. The molecule has 1 fully saturated rings. The zero-order chi connectivity index (χ0) is 16.9. The molecule has 4 heterocycles. The van der Waals surface area contributed by atoms with Crippen LogP contribution in [0.1, 0.15) is 24.5 Å². The predicted octanol–water partition coefficient (Wildman–Crippen LogP) is 2.79. The zero-order valence-corrected chi connectivity index (χ0v) is 13.8.